The van der Waals surface area contributed by atoms with E-state index in [0.717, 1.165) is 24.8 Å². The smallest absolute Gasteiger partial charge is 0.306 e. The van der Waals surface area contributed by atoms with Crippen LogP contribution in [0.25, 0.3) is 0 Å². The monoisotopic (exact) mass is 767 g/mol. The first-order chi connectivity index (χ1) is 25.8. The molecule has 13 nitrogen and oxygen atoms in total. The number of carbonyl (C=O) groups is 7. The molecule has 1 aromatic rings. The number of amides is 5. The lowest BCUT2D eigenvalue weighted by Gasteiger charge is -2.34. The fraction of sp³-hybridized carbons (Fsp3) is 0.690. The Bertz CT molecular complexity index is 1510. The molecule has 4 N–H and O–H groups in total. The number of ether oxygens (including phenoxy) is 1. The highest BCUT2D eigenvalue weighted by Gasteiger charge is 2.51. The lowest BCUT2D eigenvalue weighted by molar-refractivity contribution is -0.155. The van der Waals surface area contributed by atoms with Gasteiger partial charge >= 0.3 is 5.97 Å². The van der Waals surface area contributed by atoms with Crippen molar-refractivity contribution in [3.8, 4) is 0 Å². The average Bonchev–Trinajstić information content (AvgIpc) is 3.72. The first kappa shape index (κ1) is 45.1. The fourth-order valence-electron chi connectivity index (χ4n) is 7.60. The zero-order valence-corrected chi connectivity index (χ0v) is 34.4. The number of hydrogen-bond acceptors (Lipinski definition) is 8. The number of hydrogen-bond donors (Lipinski definition) is 4. The molecule has 1 aliphatic carbocycles. The fourth-order valence-corrected chi connectivity index (χ4v) is 7.60. The van der Waals surface area contributed by atoms with Crippen LogP contribution in [0.5, 0.6) is 0 Å². The van der Waals surface area contributed by atoms with Crippen molar-refractivity contribution < 1.29 is 38.3 Å². The molecule has 1 heterocycles. The van der Waals surface area contributed by atoms with E-state index < -0.39 is 65.2 Å². The van der Waals surface area contributed by atoms with Crippen LogP contribution in [0.1, 0.15) is 132 Å². The Morgan fingerprint density at radius 2 is 1.45 bits per heavy atom. The molecule has 0 spiro atoms. The first-order valence-electron chi connectivity index (χ1n) is 20.2. The molecule has 13 heteroatoms. The highest BCUT2D eigenvalue weighted by molar-refractivity contribution is 6.38. The Morgan fingerprint density at radius 3 is 2.05 bits per heavy atom. The molecule has 3 rings (SSSR count). The van der Waals surface area contributed by atoms with Gasteiger partial charge in [-0.1, -0.05) is 77.8 Å². The number of benzene rings is 1. The molecule has 2 aliphatic rings. The minimum absolute atomic E-state index is 0.0941. The number of esters is 1. The zero-order chi connectivity index (χ0) is 41.0. The van der Waals surface area contributed by atoms with Crippen molar-refractivity contribution in [3.05, 3.63) is 35.9 Å². The molecule has 1 aromatic carbocycles. The topological polar surface area (TPSA) is 180 Å². The van der Waals surface area contributed by atoms with Crippen LogP contribution in [0.3, 0.4) is 0 Å². The quantitative estimate of drug-likeness (QED) is 0.0901. The second-order valence-corrected chi connectivity index (χ2v) is 16.9. The van der Waals surface area contributed by atoms with Gasteiger partial charge in [0.15, 0.2) is 0 Å². The molecular formula is C42H65N5O8. The average molecular weight is 768 g/mol. The Morgan fingerprint density at radius 1 is 0.818 bits per heavy atom. The number of nitrogens with one attached hydrogen (secondary N) is 4. The zero-order valence-electron chi connectivity index (χ0n) is 34.4. The van der Waals surface area contributed by atoms with Crippen LogP contribution in [-0.4, -0.2) is 82.5 Å². The summed E-state index contributed by atoms with van der Waals surface area (Å²) in [5, 5.41) is 11.3. The Kier molecular flexibility index (Phi) is 16.9. The van der Waals surface area contributed by atoms with E-state index in [1.807, 2.05) is 51.1 Å². The largest absolute Gasteiger partial charge is 0.460 e. The van der Waals surface area contributed by atoms with Gasteiger partial charge < -0.3 is 30.9 Å². The van der Waals surface area contributed by atoms with Gasteiger partial charge in [-0.15, -0.1) is 0 Å². The highest BCUT2D eigenvalue weighted by atomic mass is 16.6. The van der Waals surface area contributed by atoms with Gasteiger partial charge in [-0.2, -0.15) is 0 Å². The summed E-state index contributed by atoms with van der Waals surface area (Å²) in [6.45, 7) is 16.6. The van der Waals surface area contributed by atoms with Crippen LogP contribution in [0, 0.1) is 23.7 Å². The van der Waals surface area contributed by atoms with Crippen molar-refractivity contribution in [2.75, 3.05) is 6.54 Å². The number of unbranched alkanes of at least 4 members (excludes halogenated alkanes) is 1. The third-order valence-electron chi connectivity index (χ3n) is 10.5. The molecule has 0 bridgehead atoms. The van der Waals surface area contributed by atoms with Crippen molar-refractivity contribution in [1.82, 2.24) is 26.2 Å². The maximum Gasteiger partial charge on any atom is 0.306 e. The maximum absolute atomic E-state index is 14.4. The third kappa shape index (κ3) is 13.2. The van der Waals surface area contributed by atoms with Crippen molar-refractivity contribution >= 4 is 41.3 Å². The van der Waals surface area contributed by atoms with Crippen molar-refractivity contribution in [3.63, 3.8) is 0 Å². The molecule has 306 valence electrons. The van der Waals surface area contributed by atoms with Gasteiger partial charge in [0.1, 0.15) is 23.7 Å². The van der Waals surface area contributed by atoms with Gasteiger partial charge in [-0.3, -0.25) is 33.6 Å². The van der Waals surface area contributed by atoms with E-state index in [1.165, 1.54) is 0 Å². The number of nitrogens with zero attached hydrogens (tertiary/aromatic N) is 1. The second-order valence-electron chi connectivity index (χ2n) is 16.9. The molecule has 2 fully saturated rings. The number of Topliss-reactive ketones (excluding diaryl/α,β-unsaturated/α-hetero) is 1. The van der Waals surface area contributed by atoms with Gasteiger partial charge in [-0.05, 0) is 89.0 Å². The van der Waals surface area contributed by atoms with E-state index in [1.54, 1.807) is 46.4 Å². The minimum atomic E-state index is -1.06. The highest BCUT2D eigenvalue weighted by Crippen LogP contribution is 2.42. The summed E-state index contributed by atoms with van der Waals surface area (Å²) in [6, 6.07) is 5.04. The molecular weight excluding hydrogens is 702 g/mol. The first-order valence-corrected chi connectivity index (χ1v) is 20.2. The summed E-state index contributed by atoms with van der Waals surface area (Å²) >= 11 is 0. The van der Waals surface area contributed by atoms with Crippen LogP contribution < -0.4 is 21.3 Å². The minimum Gasteiger partial charge on any atom is -0.460 e. The molecule has 0 aromatic heterocycles. The van der Waals surface area contributed by atoms with Crippen LogP contribution in [0.2, 0.25) is 0 Å². The van der Waals surface area contributed by atoms with Gasteiger partial charge in [0, 0.05) is 19.4 Å². The molecule has 7 atom stereocenters. The van der Waals surface area contributed by atoms with Gasteiger partial charge in [-0.25, -0.2) is 0 Å². The van der Waals surface area contributed by atoms with Crippen LogP contribution in [-0.2, 0) is 38.3 Å². The lowest BCUT2D eigenvalue weighted by atomic mass is 9.92. The molecule has 55 heavy (non-hydrogen) atoms. The molecule has 1 saturated carbocycles. The number of carbonyl (C=O) groups excluding carboxylic acids is 7. The Balaban J connectivity index is 1.69. The summed E-state index contributed by atoms with van der Waals surface area (Å²) in [4.78, 5) is 95.3. The van der Waals surface area contributed by atoms with Gasteiger partial charge in [0.25, 0.3) is 5.91 Å². The normalized spacial score (nSPS) is 20.2. The summed E-state index contributed by atoms with van der Waals surface area (Å²) in [6.07, 6.45) is 4.51. The standard InChI is InChI=1S/C42H65N5O8/c1-10-17-31(37(50)40(53)43-27(6)28-18-12-11-13-19-28)44-39(52)36-30-21-16-20-29(30)24-47(36)41(54)35(26(4)5)46-38(51)34(25(2)3)45-32(48)22-14-15-23-33(49)55-42(7,8)9/h11-13,18-19,25-27,29-31,34-36H,10,14-17,20-24H2,1-9H3,(H,43,53)(H,44,52)(H,45,48)(H,46,51)/t27-,29-,30-,31?,34-,35-,36-/m0/s1. The summed E-state index contributed by atoms with van der Waals surface area (Å²) in [5.41, 5.74) is 0.260. The van der Waals surface area contributed by atoms with Gasteiger partial charge in [0.2, 0.25) is 29.4 Å². The molecule has 1 saturated heterocycles. The van der Waals surface area contributed by atoms with Crippen LogP contribution in [0.15, 0.2) is 30.3 Å². The second kappa shape index (κ2) is 20.6. The van der Waals surface area contributed by atoms with Crippen LogP contribution in [0.4, 0.5) is 0 Å². The maximum atomic E-state index is 14.4. The molecule has 5 amide bonds. The molecule has 0 radical (unpaired) electrons. The predicted molar refractivity (Wildman–Crippen MR) is 209 cm³/mol. The van der Waals surface area contributed by atoms with E-state index in [0.29, 0.717) is 25.8 Å². The Labute approximate surface area is 327 Å². The van der Waals surface area contributed by atoms with E-state index in [4.69, 9.17) is 4.74 Å². The summed E-state index contributed by atoms with van der Waals surface area (Å²) in [5.74, 6) is -4.25. The number of fused-ring (bicyclic) bond motifs is 1. The number of ketones is 1. The Hall–Kier alpha value is -4.29. The van der Waals surface area contributed by atoms with Crippen molar-refractivity contribution in [2.24, 2.45) is 23.7 Å². The number of likely N-dealkylation sites (tertiary alicyclic amines) is 1. The number of rotatable bonds is 19. The third-order valence-corrected chi connectivity index (χ3v) is 10.5. The van der Waals surface area contributed by atoms with E-state index in [-0.39, 0.29) is 54.8 Å². The van der Waals surface area contributed by atoms with Crippen molar-refractivity contribution in [1.29, 1.82) is 0 Å². The summed E-state index contributed by atoms with van der Waals surface area (Å²) in [7, 11) is 0. The lowest BCUT2D eigenvalue weighted by Crippen LogP contribution is -2.60. The van der Waals surface area contributed by atoms with E-state index >= 15 is 0 Å². The van der Waals surface area contributed by atoms with Crippen molar-refractivity contribution in [2.45, 2.75) is 156 Å². The predicted octanol–water partition coefficient (Wildman–Crippen LogP) is 4.53. The van der Waals surface area contributed by atoms with Gasteiger partial charge in [0.05, 0.1) is 12.1 Å². The molecule has 1 unspecified atom stereocenters. The molecule has 1 aliphatic heterocycles. The van der Waals surface area contributed by atoms with E-state index in [2.05, 4.69) is 21.3 Å². The SMILES string of the molecule is CCCC(NC(=O)[C@@H]1[C@H]2CCC[C@H]2CN1C(=O)[C@@H](NC(=O)[C@@H](NC(=O)CCCCC(=O)OC(C)(C)C)C(C)C)C(C)C)C(=O)C(=O)N[C@@H](C)c1ccccc1. The van der Waals surface area contributed by atoms with Crippen LogP contribution >= 0.6 is 0 Å². The van der Waals surface area contributed by atoms with E-state index in [9.17, 15) is 33.6 Å². The summed E-state index contributed by atoms with van der Waals surface area (Å²) < 4.78 is 5.32.